The molecule has 160 valence electrons. The smallest absolute Gasteiger partial charge is 0.416 e. The normalized spacial score (nSPS) is 28.0. The second-order valence-corrected chi connectivity index (χ2v) is 9.01. The number of rotatable bonds is 2. The van der Waals surface area contributed by atoms with E-state index in [2.05, 4.69) is 20.8 Å². The standard InChI is InChI=1S/C21H26F3NO4/c1-19(2,3)14-7-9-20(10-8-14)25(16(12-29-20)18(27)28)17(26)13-5-4-6-15(11-13)21(22,23)24/h4-6,11,14,16H,7-10,12H2,1-3H3,(H,27,28). The third-order valence-electron chi connectivity index (χ3n) is 6.19. The fourth-order valence-electron chi connectivity index (χ4n) is 4.46. The van der Waals surface area contributed by atoms with Gasteiger partial charge in [-0.3, -0.25) is 9.69 Å². The molecule has 29 heavy (non-hydrogen) atoms. The number of hydrogen-bond donors (Lipinski definition) is 1. The van der Waals surface area contributed by atoms with Gasteiger partial charge >= 0.3 is 12.1 Å². The van der Waals surface area contributed by atoms with Crippen molar-refractivity contribution in [3.63, 3.8) is 0 Å². The minimum atomic E-state index is -4.59. The molecule has 1 aliphatic carbocycles. The number of carboxylic acids is 1. The van der Waals surface area contributed by atoms with Crippen LogP contribution in [0.2, 0.25) is 0 Å². The first-order valence-electron chi connectivity index (χ1n) is 9.73. The van der Waals surface area contributed by atoms with E-state index in [1.807, 2.05) is 0 Å². The van der Waals surface area contributed by atoms with Gasteiger partial charge in [-0.25, -0.2) is 4.79 Å². The molecule has 1 aromatic carbocycles. The van der Waals surface area contributed by atoms with E-state index in [1.54, 1.807) is 0 Å². The predicted octanol–water partition coefficient (Wildman–Crippen LogP) is 4.56. The summed E-state index contributed by atoms with van der Waals surface area (Å²) < 4.78 is 45.1. The van der Waals surface area contributed by atoms with Gasteiger partial charge < -0.3 is 9.84 Å². The summed E-state index contributed by atoms with van der Waals surface area (Å²) >= 11 is 0. The van der Waals surface area contributed by atoms with Gasteiger partial charge in [0.2, 0.25) is 0 Å². The average Bonchev–Trinajstić information content (AvgIpc) is 2.99. The summed E-state index contributed by atoms with van der Waals surface area (Å²) in [5, 5.41) is 9.60. The maximum atomic E-state index is 13.2. The number of aliphatic carboxylic acids is 1. The highest BCUT2D eigenvalue weighted by molar-refractivity contribution is 5.97. The zero-order chi connectivity index (χ0) is 21.6. The average molecular weight is 413 g/mol. The number of ether oxygens (including phenoxy) is 1. The SMILES string of the molecule is CC(C)(C)C1CCC2(CC1)OCC(C(=O)O)N2C(=O)c1cccc(C(F)(F)F)c1. The van der Waals surface area contributed by atoms with Crippen LogP contribution in [0.15, 0.2) is 24.3 Å². The molecule has 1 saturated heterocycles. The minimum Gasteiger partial charge on any atom is -0.480 e. The second-order valence-electron chi connectivity index (χ2n) is 9.01. The van der Waals surface area contributed by atoms with E-state index in [-0.39, 0.29) is 17.6 Å². The number of hydrogen-bond acceptors (Lipinski definition) is 3. The molecule has 1 N–H and O–H groups in total. The van der Waals surface area contributed by atoms with Crippen molar-refractivity contribution in [2.75, 3.05) is 6.61 Å². The quantitative estimate of drug-likeness (QED) is 0.772. The molecule has 2 aliphatic rings. The van der Waals surface area contributed by atoms with E-state index in [9.17, 15) is 27.9 Å². The molecule has 8 heteroatoms. The molecule has 5 nitrogen and oxygen atoms in total. The van der Waals surface area contributed by atoms with Crippen LogP contribution < -0.4 is 0 Å². The molecule has 1 amide bonds. The van der Waals surface area contributed by atoms with Crippen molar-refractivity contribution < 1.29 is 32.6 Å². The summed E-state index contributed by atoms with van der Waals surface area (Å²) in [5.74, 6) is -1.57. The topological polar surface area (TPSA) is 66.8 Å². The Hall–Kier alpha value is -2.09. The fraction of sp³-hybridized carbons (Fsp3) is 0.619. The zero-order valence-electron chi connectivity index (χ0n) is 16.8. The monoisotopic (exact) mass is 413 g/mol. The molecule has 1 aromatic rings. The molecular formula is C21H26F3NO4. The Labute approximate surface area is 167 Å². The number of halogens is 3. The molecular weight excluding hydrogens is 387 g/mol. The van der Waals surface area contributed by atoms with Crippen LogP contribution in [0.1, 0.15) is 62.4 Å². The van der Waals surface area contributed by atoms with Crippen LogP contribution in [-0.4, -0.2) is 40.3 Å². The van der Waals surface area contributed by atoms with Crippen molar-refractivity contribution >= 4 is 11.9 Å². The Kier molecular flexibility index (Phi) is 5.45. The molecule has 1 aliphatic heterocycles. The largest absolute Gasteiger partial charge is 0.480 e. The number of alkyl halides is 3. The highest BCUT2D eigenvalue weighted by Gasteiger charge is 2.54. The molecule has 1 atom stereocenters. The molecule has 1 saturated carbocycles. The third kappa shape index (κ3) is 4.13. The van der Waals surface area contributed by atoms with Crippen LogP contribution in [0, 0.1) is 11.3 Å². The third-order valence-corrected chi connectivity index (χ3v) is 6.19. The van der Waals surface area contributed by atoms with E-state index in [0.717, 1.165) is 31.0 Å². The van der Waals surface area contributed by atoms with E-state index in [0.29, 0.717) is 18.8 Å². The summed E-state index contributed by atoms with van der Waals surface area (Å²) in [6, 6.07) is 2.88. The van der Waals surface area contributed by atoms with Gasteiger partial charge in [0, 0.05) is 5.56 Å². The summed E-state index contributed by atoms with van der Waals surface area (Å²) in [7, 11) is 0. The van der Waals surface area contributed by atoms with Crippen LogP contribution in [0.5, 0.6) is 0 Å². The lowest BCUT2D eigenvalue weighted by Gasteiger charge is -2.46. The van der Waals surface area contributed by atoms with Crippen molar-refractivity contribution in [2.45, 2.75) is 64.4 Å². The molecule has 1 unspecified atom stereocenters. The Morgan fingerprint density at radius 1 is 1.17 bits per heavy atom. The summed E-state index contributed by atoms with van der Waals surface area (Å²) in [6.45, 7) is 6.24. The second kappa shape index (κ2) is 7.31. The Bertz CT molecular complexity index is 792. The molecule has 1 spiro atoms. The molecule has 0 radical (unpaired) electrons. The number of amides is 1. The van der Waals surface area contributed by atoms with Crippen molar-refractivity contribution in [2.24, 2.45) is 11.3 Å². The van der Waals surface area contributed by atoms with E-state index in [4.69, 9.17) is 4.74 Å². The van der Waals surface area contributed by atoms with E-state index in [1.165, 1.54) is 11.0 Å². The van der Waals surface area contributed by atoms with Crippen LogP contribution in [0.4, 0.5) is 13.2 Å². The number of carbonyl (C=O) groups excluding carboxylic acids is 1. The van der Waals surface area contributed by atoms with Crippen LogP contribution in [0.3, 0.4) is 0 Å². The molecule has 3 rings (SSSR count). The maximum Gasteiger partial charge on any atom is 0.416 e. The van der Waals surface area contributed by atoms with Crippen molar-refractivity contribution in [3.8, 4) is 0 Å². The van der Waals surface area contributed by atoms with Gasteiger partial charge in [0.15, 0.2) is 6.04 Å². The Balaban J connectivity index is 1.93. The fourth-order valence-corrected chi connectivity index (χ4v) is 4.46. The van der Waals surface area contributed by atoms with Gasteiger partial charge in [0.25, 0.3) is 5.91 Å². The highest BCUT2D eigenvalue weighted by Crippen LogP contribution is 2.47. The van der Waals surface area contributed by atoms with Crippen molar-refractivity contribution in [1.29, 1.82) is 0 Å². The summed E-state index contributed by atoms with van der Waals surface area (Å²) in [5.41, 5.74) is -2.15. The van der Waals surface area contributed by atoms with Gasteiger partial charge in [-0.15, -0.1) is 0 Å². The molecule has 1 heterocycles. The summed E-state index contributed by atoms with van der Waals surface area (Å²) in [6.07, 6.45) is -2.16. The Morgan fingerprint density at radius 3 is 2.31 bits per heavy atom. The zero-order valence-corrected chi connectivity index (χ0v) is 16.8. The maximum absolute atomic E-state index is 13.2. The van der Waals surface area contributed by atoms with E-state index < -0.39 is 35.4 Å². The molecule has 2 fully saturated rings. The number of carboxylic acid groups (broad SMARTS) is 1. The lowest BCUT2D eigenvalue weighted by molar-refractivity contribution is -0.144. The van der Waals surface area contributed by atoms with Gasteiger partial charge in [0.1, 0.15) is 5.72 Å². The van der Waals surface area contributed by atoms with Crippen LogP contribution >= 0.6 is 0 Å². The molecule has 0 bridgehead atoms. The summed E-state index contributed by atoms with van der Waals surface area (Å²) in [4.78, 5) is 26.1. The van der Waals surface area contributed by atoms with Gasteiger partial charge in [-0.2, -0.15) is 13.2 Å². The van der Waals surface area contributed by atoms with Gasteiger partial charge in [0.05, 0.1) is 12.2 Å². The van der Waals surface area contributed by atoms with Crippen molar-refractivity contribution in [1.82, 2.24) is 4.90 Å². The Morgan fingerprint density at radius 2 is 1.79 bits per heavy atom. The number of benzene rings is 1. The predicted molar refractivity (Wildman–Crippen MR) is 99.1 cm³/mol. The first-order chi connectivity index (χ1) is 13.3. The minimum absolute atomic E-state index is 0.0717. The lowest BCUT2D eigenvalue weighted by atomic mass is 9.70. The molecule has 0 aromatic heterocycles. The number of carbonyl (C=O) groups is 2. The van der Waals surface area contributed by atoms with Crippen LogP contribution in [0.25, 0.3) is 0 Å². The number of nitrogens with zero attached hydrogens (tertiary/aromatic N) is 1. The van der Waals surface area contributed by atoms with Crippen LogP contribution in [-0.2, 0) is 15.7 Å². The first-order valence-corrected chi connectivity index (χ1v) is 9.73. The first kappa shape index (κ1) is 21.6. The highest BCUT2D eigenvalue weighted by atomic mass is 19.4. The van der Waals surface area contributed by atoms with Gasteiger partial charge in [-0.1, -0.05) is 26.8 Å². The van der Waals surface area contributed by atoms with E-state index >= 15 is 0 Å². The van der Waals surface area contributed by atoms with Crippen molar-refractivity contribution in [3.05, 3.63) is 35.4 Å². The van der Waals surface area contributed by atoms with Gasteiger partial charge in [-0.05, 0) is 55.2 Å². The lowest BCUT2D eigenvalue weighted by Crippen LogP contribution is -2.55.